The van der Waals surface area contributed by atoms with Gasteiger partial charge in [0.15, 0.2) is 0 Å². The van der Waals surface area contributed by atoms with Crippen molar-refractivity contribution in [3.05, 3.63) is 0 Å². The number of nitrogens with zero attached hydrogens (tertiary/aromatic N) is 1. The molecule has 0 unspecified atom stereocenters. The molecule has 2 fully saturated rings. The van der Waals surface area contributed by atoms with Crippen molar-refractivity contribution in [3.63, 3.8) is 0 Å². The quantitative estimate of drug-likeness (QED) is 0.736. The van der Waals surface area contributed by atoms with Gasteiger partial charge in [0.1, 0.15) is 5.78 Å². The first-order valence-electron chi connectivity index (χ1n) is 6.82. The van der Waals surface area contributed by atoms with Gasteiger partial charge in [-0.25, -0.2) is 0 Å². The fourth-order valence-electron chi connectivity index (χ4n) is 2.82. The molecule has 2 rings (SSSR count). The third-order valence-electron chi connectivity index (χ3n) is 3.90. The fraction of sp³-hybridized carbons (Fsp3) is 0.923. The molecule has 0 amide bonds. The Balaban J connectivity index is 1.76. The van der Waals surface area contributed by atoms with Crippen LogP contribution in [0.4, 0.5) is 0 Å². The van der Waals surface area contributed by atoms with Crippen LogP contribution in [0.3, 0.4) is 0 Å². The monoisotopic (exact) mass is 224 g/mol. The van der Waals surface area contributed by atoms with Gasteiger partial charge in [0.2, 0.25) is 0 Å². The Morgan fingerprint density at radius 1 is 1.06 bits per heavy atom. The van der Waals surface area contributed by atoms with Crippen molar-refractivity contribution in [2.75, 3.05) is 32.7 Å². The number of nitrogens with one attached hydrogen (secondary N) is 1. The largest absolute Gasteiger partial charge is 0.314 e. The third kappa shape index (κ3) is 3.56. The first-order valence-corrected chi connectivity index (χ1v) is 6.82. The summed E-state index contributed by atoms with van der Waals surface area (Å²) in [5, 5.41) is 3.32. The van der Waals surface area contributed by atoms with Crippen molar-refractivity contribution in [2.45, 2.75) is 38.5 Å². The summed E-state index contributed by atoms with van der Waals surface area (Å²) in [5.41, 5.74) is 0. The first kappa shape index (κ1) is 12.1. The molecule has 0 atom stereocenters. The molecule has 1 saturated heterocycles. The lowest BCUT2D eigenvalue weighted by Crippen LogP contribution is -2.46. The van der Waals surface area contributed by atoms with Gasteiger partial charge in [-0.15, -0.1) is 0 Å². The van der Waals surface area contributed by atoms with E-state index in [1.807, 2.05) is 0 Å². The molecule has 16 heavy (non-hydrogen) atoms. The van der Waals surface area contributed by atoms with E-state index >= 15 is 0 Å². The molecule has 0 radical (unpaired) electrons. The average molecular weight is 224 g/mol. The first-order chi connectivity index (χ1) is 7.86. The highest BCUT2D eigenvalue weighted by atomic mass is 16.1. The van der Waals surface area contributed by atoms with Crippen LogP contribution in [-0.4, -0.2) is 43.4 Å². The van der Waals surface area contributed by atoms with E-state index < -0.39 is 0 Å². The number of ketones is 1. The van der Waals surface area contributed by atoms with Gasteiger partial charge in [0.05, 0.1) is 6.54 Å². The number of hydrogen-bond donors (Lipinski definition) is 1. The van der Waals surface area contributed by atoms with Gasteiger partial charge in [-0.3, -0.25) is 9.69 Å². The van der Waals surface area contributed by atoms with Crippen LogP contribution in [0.1, 0.15) is 38.5 Å². The highest BCUT2D eigenvalue weighted by molar-refractivity contribution is 5.83. The average Bonchev–Trinajstić information content (AvgIpc) is 2.59. The highest BCUT2D eigenvalue weighted by Gasteiger charge is 2.22. The molecule has 1 saturated carbocycles. The second kappa shape index (κ2) is 6.36. The zero-order valence-electron chi connectivity index (χ0n) is 10.2. The minimum absolute atomic E-state index is 0.373. The molecule has 0 aromatic carbocycles. The summed E-state index contributed by atoms with van der Waals surface area (Å²) >= 11 is 0. The normalized spacial score (nSPS) is 25.2. The van der Waals surface area contributed by atoms with Crippen molar-refractivity contribution >= 4 is 5.78 Å². The summed E-state index contributed by atoms with van der Waals surface area (Å²) in [5.74, 6) is 0.876. The summed E-state index contributed by atoms with van der Waals surface area (Å²) in [7, 11) is 0. The van der Waals surface area contributed by atoms with Crippen molar-refractivity contribution < 1.29 is 4.79 Å². The molecule has 1 aliphatic heterocycles. The van der Waals surface area contributed by atoms with Crippen LogP contribution in [0, 0.1) is 5.92 Å². The van der Waals surface area contributed by atoms with E-state index in [2.05, 4.69) is 10.2 Å². The Hall–Kier alpha value is -0.410. The third-order valence-corrected chi connectivity index (χ3v) is 3.90. The Bertz CT molecular complexity index is 216. The molecule has 1 N–H and O–H groups in total. The van der Waals surface area contributed by atoms with Crippen LogP contribution in [0.5, 0.6) is 0 Å². The molecule has 3 heteroatoms. The van der Waals surface area contributed by atoms with E-state index in [1.54, 1.807) is 0 Å². The van der Waals surface area contributed by atoms with E-state index in [-0.39, 0.29) is 0 Å². The number of hydrogen-bond acceptors (Lipinski definition) is 3. The van der Waals surface area contributed by atoms with Crippen LogP contribution in [0.15, 0.2) is 0 Å². The van der Waals surface area contributed by atoms with Crippen molar-refractivity contribution in [1.29, 1.82) is 0 Å². The number of carbonyl (C=O) groups excluding carboxylic acids is 1. The van der Waals surface area contributed by atoms with Crippen LogP contribution in [0.2, 0.25) is 0 Å². The Morgan fingerprint density at radius 3 is 2.31 bits per heavy atom. The molecule has 0 spiro atoms. The topological polar surface area (TPSA) is 32.3 Å². The lowest BCUT2D eigenvalue weighted by Gasteiger charge is -2.27. The van der Waals surface area contributed by atoms with Crippen molar-refractivity contribution in [3.8, 4) is 0 Å². The lowest BCUT2D eigenvalue weighted by molar-refractivity contribution is -0.124. The minimum atomic E-state index is 0.373. The maximum atomic E-state index is 12.2. The van der Waals surface area contributed by atoms with E-state index in [9.17, 15) is 4.79 Å². The second-order valence-electron chi connectivity index (χ2n) is 5.18. The van der Waals surface area contributed by atoms with Gasteiger partial charge < -0.3 is 5.32 Å². The maximum Gasteiger partial charge on any atom is 0.149 e. The van der Waals surface area contributed by atoms with E-state index in [4.69, 9.17) is 0 Å². The summed E-state index contributed by atoms with van der Waals surface area (Å²) in [6.45, 7) is 4.86. The number of piperazine rings is 1. The van der Waals surface area contributed by atoms with Gasteiger partial charge in [-0.2, -0.15) is 0 Å². The summed E-state index contributed by atoms with van der Waals surface area (Å²) in [6, 6.07) is 0. The van der Waals surface area contributed by atoms with Gasteiger partial charge in [0.25, 0.3) is 0 Å². The number of carbonyl (C=O) groups is 1. The predicted molar refractivity (Wildman–Crippen MR) is 65.5 cm³/mol. The Labute approximate surface area is 98.6 Å². The molecule has 0 aromatic rings. The molecule has 3 nitrogen and oxygen atoms in total. The smallest absolute Gasteiger partial charge is 0.149 e. The lowest BCUT2D eigenvalue weighted by atomic mass is 9.95. The van der Waals surface area contributed by atoms with Crippen LogP contribution in [0.25, 0.3) is 0 Å². The summed E-state index contributed by atoms with van der Waals surface area (Å²) in [6.07, 6.45) is 7.47. The molecule has 92 valence electrons. The molecular weight excluding hydrogens is 200 g/mol. The molecular formula is C13H24N2O. The van der Waals surface area contributed by atoms with Gasteiger partial charge in [-0.05, 0) is 12.8 Å². The second-order valence-corrected chi connectivity index (χ2v) is 5.18. The molecule has 1 aliphatic carbocycles. The zero-order valence-corrected chi connectivity index (χ0v) is 10.2. The van der Waals surface area contributed by atoms with Crippen LogP contribution < -0.4 is 5.32 Å². The van der Waals surface area contributed by atoms with Gasteiger partial charge in [-0.1, -0.05) is 25.7 Å². The Kier molecular flexibility index (Phi) is 4.79. The standard InChI is InChI=1S/C13H24N2O/c16-13(11-15-9-7-14-8-10-15)12-5-3-1-2-4-6-12/h12,14H,1-11H2. The van der Waals surface area contributed by atoms with Crippen LogP contribution in [-0.2, 0) is 4.79 Å². The summed E-state index contributed by atoms with van der Waals surface area (Å²) in [4.78, 5) is 14.5. The summed E-state index contributed by atoms with van der Waals surface area (Å²) < 4.78 is 0. The maximum absolute atomic E-state index is 12.2. The van der Waals surface area contributed by atoms with Crippen molar-refractivity contribution in [1.82, 2.24) is 10.2 Å². The molecule has 0 aromatic heterocycles. The number of Topliss-reactive ketones (excluding diaryl/α,β-unsaturated/α-hetero) is 1. The van der Waals surface area contributed by atoms with Gasteiger partial charge >= 0.3 is 0 Å². The molecule has 2 aliphatic rings. The minimum Gasteiger partial charge on any atom is -0.314 e. The number of rotatable bonds is 3. The Morgan fingerprint density at radius 2 is 1.69 bits per heavy atom. The van der Waals surface area contributed by atoms with E-state index in [0.717, 1.165) is 39.0 Å². The zero-order chi connectivity index (χ0) is 11.2. The SMILES string of the molecule is O=C(CN1CCNCC1)C1CCCCCC1. The predicted octanol–water partition coefficient (Wildman–Crippen LogP) is 1.43. The van der Waals surface area contributed by atoms with E-state index in [0.29, 0.717) is 18.2 Å². The highest BCUT2D eigenvalue weighted by Crippen LogP contribution is 2.23. The molecule has 1 heterocycles. The van der Waals surface area contributed by atoms with Crippen molar-refractivity contribution in [2.24, 2.45) is 5.92 Å². The van der Waals surface area contributed by atoms with Gasteiger partial charge in [0, 0.05) is 32.1 Å². The van der Waals surface area contributed by atoms with Crippen LogP contribution >= 0.6 is 0 Å². The molecule has 0 bridgehead atoms. The fourth-order valence-corrected chi connectivity index (χ4v) is 2.82. The van der Waals surface area contributed by atoms with E-state index in [1.165, 1.54) is 25.7 Å².